The molecule has 2 aliphatic heterocycles. The van der Waals surface area contributed by atoms with Crippen LogP contribution in [-0.4, -0.2) is 31.7 Å². The molecule has 0 saturated carbocycles. The topological polar surface area (TPSA) is 55.6 Å². The van der Waals surface area contributed by atoms with Crippen molar-refractivity contribution in [1.29, 1.82) is 0 Å². The van der Waals surface area contributed by atoms with Crippen LogP contribution >= 0.6 is 0 Å². The van der Waals surface area contributed by atoms with E-state index in [2.05, 4.69) is 10.6 Å². The monoisotopic (exact) mass is 132 g/mol. The summed E-state index contributed by atoms with van der Waals surface area (Å²) >= 11 is 0. The number of hydrogen-bond donors (Lipinski definition) is 2. The van der Waals surface area contributed by atoms with E-state index in [-0.39, 0.29) is 5.48 Å². The van der Waals surface area contributed by atoms with Crippen molar-refractivity contribution in [3.05, 3.63) is 0 Å². The summed E-state index contributed by atoms with van der Waals surface area (Å²) in [4.78, 5) is 0. The second-order valence-electron chi connectivity index (χ2n) is 2.21. The summed E-state index contributed by atoms with van der Waals surface area (Å²) in [7, 11) is 0. The zero-order chi connectivity index (χ0) is 5.66. The van der Waals surface area contributed by atoms with Crippen LogP contribution in [0.4, 0.5) is 0 Å². The molecule has 3 heteroatoms. The molecule has 9 heavy (non-hydrogen) atoms. The minimum Gasteiger partial charge on any atom is -0.412 e. The molecule has 2 saturated heterocycles. The second-order valence-corrected chi connectivity index (χ2v) is 2.21. The van der Waals surface area contributed by atoms with Gasteiger partial charge in [0.25, 0.3) is 0 Å². The molecular formula is C6H16N2O. The Kier molecular flexibility index (Phi) is 5.93. The highest BCUT2D eigenvalue weighted by Crippen LogP contribution is 1.81. The van der Waals surface area contributed by atoms with Gasteiger partial charge in [0.05, 0.1) is 0 Å². The van der Waals surface area contributed by atoms with Crippen molar-refractivity contribution in [2.75, 3.05) is 26.2 Å². The van der Waals surface area contributed by atoms with Crippen LogP contribution in [0.3, 0.4) is 0 Å². The van der Waals surface area contributed by atoms with Gasteiger partial charge in [-0.2, -0.15) is 0 Å². The van der Waals surface area contributed by atoms with Crippen LogP contribution < -0.4 is 10.6 Å². The highest BCUT2D eigenvalue weighted by Gasteiger charge is 1.92. The molecule has 3 nitrogen and oxygen atoms in total. The maximum atomic E-state index is 3.11. The quantitative estimate of drug-likeness (QED) is 0.450. The molecule has 0 unspecified atom stereocenters. The average Bonchev–Trinajstić information content (AvgIpc) is 1.12. The lowest BCUT2D eigenvalue weighted by atomic mass is 10.3. The third kappa shape index (κ3) is 4.39. The van der Waals surface area contributed by atoms with Crippen LogP contribution in [0, 0.1) is 0 Å². The van der Waals surface area contributed by atoms with Crippen molar-refractivity contribution in [1.82, 2.24) is 10.6 Å². The van der Waals surface area contributed by atoms with Crippen molar-refractivity contribution < 1.29 is 5.48 Å². The first-order valence-electron chi connectivity index (χ1n) is 3.41. The Hall–Kier alpha value is -0.120. The van der Waals surface area contributed by atoms with E-state index in [1.807, 2.05) is 0 Å². The molecule has 2 heterocycles. The zero-order valence-corrected chi connectivity index (χ0v) is 5.74. The van der Waals surface area contributed by atoms with Crippen LogP contribution in [0.5, 0.6) is 0 Å². The molecule has 0 aromatic carbocycles. The maximum absolute atomic E-state index is 3.11. The van der Waals surface area contributed by atoms with E-state index in [1.54, 1.807) is 0 Å². The average molecular weight is 132 g/mol. The fourth-order valence-electron chi connectivity index (χ4n) is 0.354. The van der Waals surface area contributed by atoms with Crippen molar-refractivity contribution in [2.45, 2.75) is 12.8 Å². The highest BCUT2D eigenvalue weighted by atomic mass is 16.0. The predicted octanol–water partition coefficient (Wildman–Crippen LogP) is -0.865. The first kappa shape index (κ1) is 8.88. The summed E-state index contributed by atoms with van der Waals surface area (Å²) in [6.07, 6.45) is 2.78. The van der Waals surface area contributed by atoms with Gasteiger partial charge in [-0.25, -0.2) is 0 Å². The van der Waals surface area contributed by atoms with Gasteiger partial charge in [-0.15, -0.1) is 0 Å². The molecule has 4 N–H and O–H groups in total. The lowest BCUT2D eigenvalue weighted by Gasteiger charge is -2.09. The Morgan fingerprint density at radius 2 is 0.778 bits per heavy atom. The van der Waals surface area contributed by atoms with E-state index in [0.717, 1.165) is 0 Å². The Morgan fingerprint density at radius 3 is 0.778 bits per heavy atom. The Morgan fingerprint density at radius 1 is 0.667 bits per heavy atom. The van der Waals surface area contributed by atoms with Crippen molar-refractivity contribution in [3.63, 3.8) is 0 Å². The Balaban J connectivity index is 0.000000128. The summed E-state index contributed by atoms with van der Waals surface area (Å²) in [5, 5.41) is 6.22. The molecule has 0 radical (unpaired) electrons. The zero-order valence-electron chi connectivity index (χ0n) is 5.74. The molecule has 0 atom stereocenters. The molecule has 0 spiro atoms. The van der Waals surface area contributed by atoms with Gasteiger partial charge in [-0.1, -0.05) is 0 Å². The standard InChI is InChI=1S/2C3H7N.H2O/c2*1-2-4-3-1;/h2*4H,1-3H2;1H2. The van der Waals surface area contributed by atoms with Crippen molar-refractivity contribution >= 4 is 0 Å². The van der Waals surface area contributed by atoms with Crippen molar-refractivity contribution in [3.8, 4) is 0 Å². The molecule has 2 rings (SSSR count). The molecule has 2 aliphatic rings. The smallest absolute Gasteiger partial charge is 0.00368 e. The summed E-state index contributed by atoms with van der Waals surface area (Å²) in [6.45, 7) is 5.00. The van der Waals surface area contributed by atoms with Crippen LogP contribution in [0.2, 0.25) is 0 Å². The summed E-state index contributed by atoms with van der Waals surface area (Å²) in [5.41, 5.74) is 0. The second kappa shape index (κ2) is 6.01. The first-order valence-corrected chi connectivity index (χ1v) is 3.41. The molecule has 0 aliphatic carbocycles. The van der Waals surface area contributed by atoms with Gasteiger partial charge in [-0.05, 0) is 39.0 Å². The molecule has 56 valence electrons. The van der Waals surface area contributed by atoms with E-state index < -0.39 is 0 Å². The fraction of sp³-hybridized carbons (Fsp3) is 1.00. The van der Waals surface area contributed by atoms with Gasteiger partial charge in [0.15, 0.2) is 0 Å². The highest BCUT2D eigenvalue weighted by molar-refractivity contribution is 4.57. The fourth-order valence-corrected chi connectivity index (χ4v) is 0.354. The van der Waals surface area contributed by atoms with E-state index in [9.17, 15) is 0 Å². The lowest BCUT2D eigenvalue weighted by Crippen LogP contribution is -2.29. The van der Waals surface area contributed by atoms with Crippen LogP contribution in [0.25, 0.3) is 0 Å². The summed E-state index contributed by atoms with van der Waals surface area (Å²) in [6, 6.07) is 0. The van der Waals surface area contributed by atoms with E-state index >= 15 is 0 Å². The van der Waals surface area contributed by atoms with Gasteiger partial charge < -0.3 is 16.1 Å². The van der Waals surface area contributed by atoms with Crippen LogP contribution in [0.1, 0.15) is 12.8 Å². The minimum atomic E-state index is 0. The van der Waals surface area contributed by atoms with Gasteiger partial charge in [0, 0.05) is 0 Å². The first-order chi connectivity index (χ1) is 4.00. The Bertz CT molecular complexity index is 35.0. The predicted molar refractivity (Wildman–Crippen MR) is 38.6 cm³/mol. The summed E-state index contributed by atoms with van der Waals surface area (Å²) < 4.78 is 0. The van der Waals surface area contributed by atoms with Gasteiger partial charge in [0.2, 0.25) is 0 Å². The Labute approximate surface area is 56.1 Å². The SMILES string of the molecule is C1CNC1.C1CNC1.O. The van der Waals surface area contributed by atoms with E-state index in [4.69, 9.17) is 0 Å². The largest absolute Gasteiger partial charge is 0.412 e. The third-order valence-electron chi connectivity index (χ3n) is 1.41. The van der Waals surface area contributed by atoms with E-state index in [1.165, 1.54) is 39.0 Å². The number of nitrogens with one attached hydrogen (secondary N) is 2. The molecule has 0 amide bonds. The molecule has 2 fully saturated rings. The summed E-state index contributed by atoms with van der Waals surface area (Å²) in [5.74, 6) is 0. The maximum Gasteiger partial charge on any atom is -0.00368 e. The van der Waals surface area contributed by atoms with Crippen LogP contribution in [0.15, 0.2) is 0 Å². The van der Waals surface area contributed by atoms with Gasteiger partial charge in [0.1, 0.15) is 0 Å². The normalized spacial score (nSPS) is 21.3. The molecule has 0 aromatic heterocycles. The lowest BCUT2D eigenvalue weighted by molar-refractivity contribution is 0.527. The van der Waals surface area contributed by atoms with Gasteiger partial charge >= 0.3 is 0 Å². The minimum absolute atomic E-state index is 0. The molecular weight excluding hydrogens is 116 g/mol. The molecule has 0 aromatic rings. The van der Waals surface area contributed by atoms with Crippen LogP contribution in [-0.2, 0) is 0 Å². The third-order valence-corrected chi connectivity index (χ3v) is 1.41. The molecule has 0 bridgehead atoms. The van der Waals surface area contributed by atoms with Crippen molar-refractivity contribution in [2.24, 2.45) is 0 Å². The number of rotatable bonds is 0. The van der Waals surface area contributed by atoms with Gasteiger partial charge in [-0.3, -0.25) is 0 Å². The number of hydrogen-bond acceptors (Lipinski definition) is 2. The van der Waals surface area contributed by atoms with E-state index in [0.29, 0.717) is 0 Å².